The van der Waals surface area contributed by atoms with Gasteiger partial charge >= 0.3 is 0 Å². The van der Waals surface area contributed by atoms with Crippen LogP contribution in [-0.4, -0.2) is 47.9 Å². The molecule has 0 heterocycles. The first-order valence-electron chi connectivity index (χ1n) is 6.90. The zero-order valence-electron chi connectivity index (χ0n) is 12.6. The summed E-state index contributed by atoms with van der Waals surface area (Å²) >= 11 is 0. The van der Waals surface area contributed by atoms with Crippen LogP contribution in [0.2, 0.25) is 0 Å². The molecule has 0 fully saturated rings. The monoisotopic (exact) mass is 316 g/mol. The van der Waals surface area contributed by atoms with E-state index in [4.69, 9.17) is 15.2 Å². The van der Waals surface area contributed by atoms with Gasteiger partial charge in [-0.15, -0.1) is 0 Å². The van der Waals surface area contributed by atoms with Crippen LogP contribution in [0.1, 0.15) is 11.1 Å². The second-order valence-electron chi connectivity index (χ2n) is 4.68. The van der Waals surface area contributed by atoms with E-state index in [0.29, 0.717) is 37.9 Å². The molecule has 0 aromatic heterocycles. The van der Waals surface area contributed by atoms with Crippen molar-refractivity contribution in [2.24, 2.45) is 5.73 Å². The summed E-state index contributed by atoms with van der Waals surface area (Å²) in [6, 6.07) is 5.35. The fourth-order valence-electron chi connectivity index (χ4n) is 1.73. The molecule has 0 aliphatic rings. The van der Waals surface area contributed by atoms with Gasteiger partial charge in [0.1, 0.15) is 0 Å². The Kier molecular flexibility index (Phi) is 7.84. The van der Waals surface area contributed by atoms with E-state index in [1.807, 2.05) is 13.0 Å². The summed E-state index contributed by atoms with van der Waals surface area (Å²) in [7, 11) is -3.49. The lowest BCUT2D eigenvalue weighted by atomic mass is 10.2. The number of nitrogens with one attached hydrogen (secondary N) is 1. The number of sulfonamides is 1. The number of aryl methyl sites for hydroxylation is 2. The van der Waals surface area contributed by atoms with E-state index in [1.54, 1.807) is 19.1 Å². The topological polar surface area (TPSA) is 90.7 Å². The Morgan fingerprint density at radius 3 is 2.43 bits per heavy atom. The van der Waals surface area contributed by atoms with Crippen molar-refractivity contribution in [1.82, 2.24) is 4.72 Å². The fraction of sp³-hybridized carbons (Fsp3) is 0.571. The molecule has 0 aliphatic heterocycles. The third-order valence-electron chi connectivity index (χ3n) is 2.81. The Bertz CT molecular complexity index is 532. The molecule has 0 radical (unpaired) electrons. The summed E-state index contributed by atoms with van der Waals surface area (Å²) in [6.07, 6.45) is 0. The molecule has 3 N–H and O–H groups in total. The van der Waals surface area contributed by atoms with Gasteiger partial charge in [-0.1, -0.05) is 12.1 Å². The van der Waals surface area contributed by atoms with Gasteiger partial charge in [-0.25, -0.2) is 13.1 Å². The van der Waals surface area contributed by atoms with E-state index in [9.17, 15) is 8.42 Å². The summed E-state index contributed by atoms with van der Waals surface area (Å²) in [6.45, 7) is 6.04. The Labute approximate surface area is 126 Å². The van der Waals surface area contributed by atoms with E-state index in [2.05, 4.69) is 4.72 Å². The quantitative estimate of drug-likeness (QED) is 0.616. The first-order valence-corrected chi connectivity index (χ1v) is 8.38. The van der Waals surface area contributed by atoms with Crippen molar-refractivity contribution in [3.05, 3.63) is 29.3 Å². The molecule has 0 unspecified atom stereocenters. The van der Waals surface area contributed by atoms with Crippen LogP contribution in [0, 0.1) is 13.8 Å². The van der Waals surface area contributed by atoms with E-state index in [0.717, 1.165) is 11.1 Å². The minimum Gasteiger partial charge on any atom is -0.378 e. The molecule has 0 aliphatic carbocycles. The van der Waals surface area contributed by atoms with Gasteiger partial charge in [0.15, 0.2) is 0 Å². The molecule has 1 rings (SSSR count). The maximum absolute atomic E-state index is 12.2. The zero-order chi connectivity index (χ0) is 15.7. The average Bonchev–Trinajstić information content (AvgIpc) is 2.44. The zero-order valence-corrected chi connectivity index (χ0v) is 13.4. The van der Waals surface area contributed by atoms with Crippen LogP contribution in [0.25, 0.3) is 0 Å². The van der Waals surface area contributed by atoms with Crippen LogP contribution in [0.4, 0.5) is 0 Å². The minimum atomic E-state index is -3.49. The smallest absolute Gasteiger partial charge is 0.240 e. The van der Waals surface area contributed by atoms with Gasteiger partial charge in [-0.05, 0) is 31.0 Å². The van der Waals surface area contributed by atoms with Gasteiger partial charge in [-0.2, -0.15) is 0 Å². The van der Waals surface area contributed by atoms with Gasteiger partial charge in [0.2, 0.25) is 10.0 Å². The van der Waals surface area contributed by atoms with Gasteiger partial charge in [0, 0.05) is 13.1 Å². The number of ether oxygens (including phenoxy) is 2. The molecule has 0 saturated heterocycles. The standard InChI is InChI=1S/C14H24N2O4S/c1-12-3-4-13(2)14(11-12)21(17,18)16-6-8-20-10-9-19-7-5-15/h3-4,11,16H,5-10,15H2,1-2H3. The van der Waals surface area contributed by atoms with Crippen molar-refractivity contribution in [2.75, 3.05) is 39.5 Å². The van der Waals surface area contributed by atoms with Gasteiger partial charge < -0.3 is 15.2 Å². The molecule has 0 saturated carbocycles. The molecule has 0 spiro atoms. The minimum absolute atomic E-state index is 0.229. The number of rotatable bonds is 10. The molecule has 21 heavy (non-hydrogen) atoms. The number of hydrogen-bond donors (Lipinski definition) is 2. The highest BCUT2D eigenvalue weighted by Crippen LogP contribution is 2.16. The van der Waals surface area contributed by atoms with Crippen LogP contribution in [-0.2, 0) is 19.5 Å². The van der Waals surface area contributed by atoms with E-state index < -0.39 is 10.0 Å². The molecule has 0 bridgehead atoms. The Balaban J connectivity index is 2.35. The van der Waals surface area contributed by atoms with Crippen LogP contribution in [0.5, 0.6) is 0 Å². The lowest BCUT2D eigenvalue weighted by Gasteiger charge is -2.10. The normalized spacial score (nSPS) is 11.8. The summed E-state index contributed by atoms with van der Waals surface area (Å²) in [5.74, 6) is 0. The summed E-state index contributed by atoms with van der Waals surface area (Å²) in [5.41, 5.74) is 6.91. The van der Waals surface area contributed by atoms with Gasteiger partial charge in [-0.3, -0.25) is 0 Å². The Morgan fingerprint density at radius 1 is 1.10 bits per heavy atom. The fourth-order valence-corrected chi connectivity index (χ4v) is 3.07. The van der Waals surface area contributed by atoms with Crippen LogP contribution >= 0.6 is 0 Å². The highest BCUT2D eigenvalue weighted by molar-refractivity contribution is 7.89. The number of nitrogens with two attached hydrogens (primary N) is 1. The van der Waals surface area contributed by atoms with Gasteiger partial charge in [0.05, 0.1) is 31.3 Å². The second-order valence-corrected chi connectivity index (χ2v) is 6.42. The molecular formula is C14H24N2O4S. The second kappa shape index (κ2) is 9.11. The Hall–Kier alpha value is -0.990. The highest BCUT2D eigenvalue weighted by atomic mass is 32.2. The predicted molar refractivity (Wildman–Crippen MR) is 81.8 cm³/mol. The highest BCUT2D eigenvalue weighted by Gasteiger charge is 2.16. The van der Waals surface area contributed by atoms with Gasteiger partial charge in [0.25, 0.3) is 0 Å². The molecule has 0 atom stereocenters. The van der Waals surface area contributed by atoms with Crippen molar-refractivity contribution in [1.29, 1.82) is 0 Å². The lowest BCUT2D eigenvalue weighted by Crippen LogP contribution is -2.28. The number of hydrogen-bond acceptors (Lipinski definition) is 5. The lowest BCUT2D eigenvalue weighted by molar-refractivity contribution is 0.0530. The van der Waals surface area contributed by atoms with Crippen molar-refractivity contribution in [2.45, 2.75) is 18.7 Å². The molecule has 6 nitrogen and oxygen atoms in total. The van der Waals surface area contributed by atoms with Crippen LogP contribution in [0.3, 0.4) is 0 Å². The van der Waals surface area contributed by atoms with E-state index in [-0.39, 0.29) is 6.54 Å². The Morgan fingerprint density at radius 2 is 1.76 bits per heavy atom. The van der Waals surface area contributed by atoms with Crippen molar-refractivity contribution in [3.63, 3.8) is 0 Å². The third-order valence-corrected chi connectivity index (χ3v) is 4.41. The number of benzene rings is 1. The maximum Gasteiger partial charge on any atom is 0.240 e. The average molecular weight is 316 g/mol. The summed E-state index contributed by atoms with van der Waals surface area (Å²) < 4.78 is 37.3. The maximum atomic E-state index is 12.2. The van der Waals surface area contributed by atoms with Crippen molar-refractivity contribution >= 4 is 10.0 Å². The summed E-state index contributed by atoms with van der Waals surface area (Å²) in [5, 5.41) is 0. The van der Waals surface area contributed by atoms with Crippen molar-refractivity contribution in [3.8, 4) is 0 Å². The van der Waals surface area contributed by atoms with E-state index >= 15 is 0 Å². The van der Waals surface area contributed by atoms with Crippen LogP contribution < -0.4 is 10.5 Å². The largest absolute Gasteiger partial charge is 0.378 e. The molecule has 120 valence electrons. The summed E-state index contributed by atoms with van der Waals surface area (Å²) in [4.78, 5) is 0.314. The molecular weight excluding hydrogens is 292 g/mol. The first-order chi connectivity index (χ1) is 9.97. The molecule has 1 aromatic carbocycles. The third kappa shape index (κ3) is 6.54. The molecule has 1 aromatic rings. The predicted octanol–water partition coefficient (Wildman–Crippen LogP) is 0.574. The van der Waals surface area contributed by atoms with Crippen molar-refractivity contribution < 1.29 is 17.9 Å². The molecule has 7 heteroatoms. The molecule has 0 amide bonds. The van der Waals surface area contributed by atoms with Crippen LogP contribution in [0.15, 0.2) is 23.1 Å². The van der Waals surface area contributed by atoms with E-state index in [1.165, 1.54) is 0 Å². The SMILES string of the molecule is Cc1ccc(C)c(S(=O)(=O)NCCOCCOCCN)c1. The first kappa shape index (κ1) is 18.1.